The molecule has 0 amide bonds. The predicted molar refractivity (Wildman–Crippen MR) is 84.5 cm³/mol. The van der Waals surface area contributed by atoms with Gasteiger partial charge in [0.15, 0.2) is 0 Å². The highest BCUT2D eigenvalue weighted by Crippen LogP contribution is 2.29. The zero-order valence-electron chi connectivity index (χ0n) is 12.5. The van der Waals surface area contributed by atoms with Gasteiger partial charge < -0.3 is 4.74 Å². The van der Waals surface area contributed by atoms with Crippen LogP contribution in [-0.4, -0.2) is 9.97 Å². The number of hydrogen-bond donors (Lipinski definition) is 0. The molecule has 0 saturated heterocycles. The van der Waals surface area contributed by atoms with Crippen molar-refractivity contribution < 1.29 is 4.74 Å². The van der Waals surface area contributed by atoms with Crippen LogP contribution in [-0.2, 0) is 0 Å². The Kier molecular flexibility index (Phi) is 4.43. The minimum absolute atomic E-state index is 0.259. The van der Waals surface area contributed by atoms with Crippen molar-refractivity contribution in [3.8, 4) is 11.6 Å². The summed E-state index contributed by atoms with van der Waals surface area (Å²) in [5, 5.41) is 0. The lowest BCUT2D eigenvalue weighted by Crippen LogP contribution is -2.01. The van der Waals surface area contributed by atoms with Gasteiger partial charge in [0.25, 0.3) is 0 Å². The normalized spacial score (nSPS) is 10.9. The average Bonchev–Trinajstić information content (AvgIpc) is 2.34. The van der Waals surface area contributed by atoms with Crippen LogP contribution >= 0.6 is 15.9 Å². The molecule has 0 radical (unpaired) electrons. The number of halogens is 1. The molecule has 1 aromatic carbocycles. The van der Waals surface area contributed by atoms with Crippen molar-refractivity contribution in [3.63, 3.8) is 0 Å². The summed E-state index contributed by atoms with van der Waals surface area (Å²) in [6.45, 7) is 10.3. The summed E-state index contributed by atoms with van der Waals surface area (Å²) in [5.74, 6) is 2.46. The Morgan fingerprint density at radius 1 is 1.05 bits per heavy atom. The molecule has 2 aromatic rings. The van der Waals surface area contributed by atoms with Gasteiger partial charge in [0, 0.05) is 12.0 Å². The van der Waals surface area contributed by atoms with Crippen LogP contribution in [0.25, 0.3) is 0 Å². The Labute approximate surface area is 128 Å². The molecule has 1 heterocycles. The topological polar surface area (TPSA) is 35.0 Å². The smallest absolute Gasteiger partial charge is 0.223 e. The van der Waals surface area contributed by atoms with E-state index in [9.17, 15) is 0 Å². The first-order valence-electron chi connectivity index (χ1n) is 6.67. The molecule has 106 valence electrons. The van der Waals surface area contributed by atoms with Gasteiger partial charge in [-0.25, -0.2) is 4.98 Å². The summed E-state index contributed by atoms with van der Waals surface area (Å²) >= 11 is 3.41. The Balaban J connectivity index is 2.40. The summed E-state index contributed by atoms with van der Waals surface area (Å²) in [7, 11) is 0. The lowest BCUT2D eigenvalue weighted by Gasteiger charge is -2.13. The van der Waals surface area contributed by atoms with E-state index in [0.717, 1.165) is 21.7 Å². The van der Waals surface area contributed by atoms with Crippen LogP contribution in [0.5, 0.6) is 11.6 Å². The summed E-state index contributed by atoms with van der Waals surface area (Å²) in [6.07, 6.45) is 0. The number of aryl methyl sites for hydroxylation is 2. The molecule has 0 bridgehead atoms. The maximum Gasteiger partial charge on any atom is 0.223 e. The first kappa shape index (κ1) is 15.0. The highest BCUT2D eigenvalue weighted by atomic mass is 79.9. The van der Waals surface area contributed by atoms with E-state index in [2.05, 4.69) is 66.6 Å². The molecule has 0 fully saturated rings. The molecule has 0 unspecified atom stereocenters. The van der Waals surface area contributed by atoms with Crippen LogP contribution < -0.4 is 4.74 Å². The highest BCUT2D eigenvalue weighted by molar-refractivity contribution is 9.10. The molecule has 1 aromatic heterocycles. The Morgan fingerprint density at radius 3 is 2.40 bits per heavy atom. The largest absolute Gasteiger partial charge is 0.439 e. The third-order valence-electron chi connectivity index (χ3n) is 3.18. The molecule has 0 saturated carbocycles. The maximum atomic E-state index is 5.96. The third kappa shape index (κ3) is 3.37. The number of benzene rings is 1. The monoisotopic (exact) mass is 334 g/mol. The van der Waals surface area contributed by atoms with Gasteiger partial charge in [-0.2, -0.15) is 4.98 Å². The van der Waals surface area contributed by atoms with Gasteiger partial charge in [0.2, 0.25) is 5.88 Å². The molecule has 20 heavy (non-hydrogen) atoms. The second kappa shape index (κ2) is 5.92. The summed E-state index contributed by atoms with van der Waals surface area (Å²) in [4.78, 5) is 8.82. The van der Waals surface area contributed by atoms with E-state index in [-0.39, 0.29) is 5.92 Å². The standard InChI is InChI=1S/C16H19BrN2O/c1-9(2)16-18-14(17)8-15(19-16)20-13-7-10(3)6-11(4)12(13)5/h6-9H,1-5H3. The number of nitrogens with zero attached hydrogens (tertiary/aromatic N) is 2. The minimum Gasteiger partial charge on any atom is -0.439 e. The maximum absolute atomic E-state index is 5.96. The van der Waals surface area contributed by atoms with Gasteiger partial charge >= 0.3 is 0 Å². The Morgan fingerprint density at radius 2 is 1.75 bits per heavy atom. The fraction of sp³-hybridized carbons (Fsp3) is 0.375. The van der Waals surface area contributed by atoms with E-state index in [1.54, 1.807) is 6.07 Å². The van der Waals surface area contributed by atoms with Gasteiger partial charge in [-0.15, -0.1) is 0 Å². The quantitative estimate of drug-likeness (QED) is 0.734. The Hall–Kier alpha value is -1.42. The van der Waals surface area contributed by atoms with Gasteiger partial charge in [-0.3, -0.25) is 0 Å². The average molecular weight is 335 g/mol. The lowest BCUT2D eigenvalue weighted by atomic mass is 10.1. The first-order chi connectivity index (χ1) is 9.36. The van der Waals surface area contributed by atoms with E-state index in [0.29, 0.717) is 5.88 Å². The van der Waals surface area contributed by atoms with Crippen molar-refractivity contribution in [1.82, 2.24) is 9.97 Å². The summed E-state index contributed by atoms with van der Waals surface area (Å²) < 4.78 is 6.71. The van der Waals surface area contributed by atoms with Crippen molar-refractivity contribution in [2.75, 3.05) is 0 Å². The molecular weight excluding hydrogens is 316 g/mol. The van der Waals surface area contributed by atoms with Crippen LogP contribution in [0, 0.1) is 20.8 Å². The van der Waals surface area contributed by atoms with E-state index in [1.807, 2.05) is 6.07 Å². The SMILES string of the molecule is Cc1cc(C)c(C)c(Oc2cc(Br)nc(C(C)C)n2)c1. The summed E-state index contributed by atoms with van der Waals surface area (Å²) in [5.41, 5.74) is 3.54. The number of ether oxygens (including phenoxy) is 1. The fourth-order valence-corrected chi connectivity index (χ4v) is 2.32. The van der Waals surface area contributed by atoms with Gasteiger partial charge in [-0.05, 0) is 59.5 Å². The van der Waals surface area contributed by atoms with Crippen LogP contribution in [0.15, 0.2) is 22.8 Å². The van der Waals surface area contributed by atoms with E-state index in [4.69, 9.17) is 4.74 Å². The molecule has 0 atom stereocenters. The molecule has 0 N–H and O–H groups in total. The third-order valence-corrected chi connectivity index (χ3v) is 3.59. The molecule has 0 aliphatic carbocycles. The second-order valence-electron chi connectivity index (χ2n) is 5.35. The molecule has 2 rings (SSSR count). The van der Waals surface area contributed by atoms with Crippen LogP contribution in [0.2, 0.25) is 0 Å². The summed E-state index contributed by atoms with van der Waals surface area (Å²) in [6, 6.07) is 5.98. The van der Waals surface area contributed by atoms with Crippen molar-refractivity contribution in [2.45, 2.75) is 40.5 Å². The predicted octanol–water partition coefficient (Wildman–Crippen LogP) is 5.08. The minimum atomic E-state index is 0.259. The highest BCUT2D eigenvalue weighted by Gasteiger charge is 2.10. The molecule has 0 spiro atoms. The van der Waals surface area contributed by atoms with Crippen molar-refractivity contribution >= 4 is 15.9 Å². The number of aromatic nitrogens is 2. The fourth-order valence-electron chi connectivity index (χ4n) is 1.94. The van der Waals surface area contributed by atoms with Crippen LogP contribution in [0.1, 0.15) is 42.3 Å². The van der Waals surface area contributed by atoms with E-state index < -0.39 is 0 Å². The molecular formula is C16H19BrN2O. The zero-order chi connectivity index (χ0) is 14.9. The number of hydrogen-bond acceptors (Lipinski definition) is 3. The molecule has 4 heteroatoms. The van der Waals surface area contributed by atoms with Crippen LogP contribution in [0.4, 0.5) is 0 Å². The van der Waals surface area contributed by atoms with Crippen molar-refractivity contribution in [1.29, 1.82) is 0 Å². The lowest BCUT2D eigenvalue weighted by molar-refractivity contribution is 0.452. The zero-order valence-corrected chi connectivity index (χ0v) is 14.1. The molecule has 0 aliphatic heterocycles. The van der Waals surface area contributed by atoms with Crippen LogP contribution in [0.3, 0.4) is 0 Å². The Bertz CT molecular complexity index is 639. The second-order valence-corrected chi connectivity index (χ2v) is 6.16. The van der Waals surface area contributed by atoms with Crippen molar-refractivity contribution in [3.05, 3.63) is 45.3 Å². The number of rotatable bonds is 3. The molecule has 3 nitrogen and oxygen atoms in total. The van der Waals surface area contributed by atoms with E-state index in [1.165, 1.54) is 11.1 Å². The van der Waals surface area contributed by atoms with E-state index >= 15 is 0 Å². The first-order valence-corrected chi connectivity index (χ1v) is 7.46. The van der Waals surface area contributed by atoms with Gasteiger partial charge in [0.1, 0.15) is 16.2 Å². The van der Waals surface area contributed by atoms with Gasteiger partial charge in [-0.1, -0.05) is 19.9 Å². The molecule has 0 aliphatic rings. The van der Waals surface area contributed by atoms with Crippen molar-refractivity contribution in [2.24, 2.45) is 0 Å². The van der Waals surface area contributed by atoms with Gasteiger partial charge in [0.05, 0.1) is 0 Å².